The van der Waals surface area contributed by atoms with Crippen LogP contribution >= 0.6 is 0 Å². The van der Waals surface area contributed by atoms with E-state index in [0.29, 0.717) is 0 Å². The van der Waals surface area contributed by atoms with Gasteiger partial charge in [-0.15, -0.1) is 0 Å². The van der Waals surface area contributed by atoms with Crippen LogP contribution in [0.3, 0.4) is 0 Å². The Labute approximate surface area is 122 Å². The molecule has 1 N–H and O–H groups in total. The summed E-state index contributed by atoms with van der Waals surface area (Å²) in [6.45, 7) is 1.04. The summed E-state index contributed by atoms with van der Waals surface area (Å²) in [6, 6.07) is -0.0885. The minimum Gasteiger partial charge on any atom is -0.863 e. The fraction of sp³-hybridized carbons (Fsp3) is 0.273. The largest absolute Gasteiger partial charge is 0.863 e. The molecule has 0 bridgehead atoms. The summed E-state index contributed by atoms with van der Waals surface area (Å²) in [4.78, 5) is 41.0. The van der Waals surface area contributed by atoms with Crippen molar-refractivity contribution >= 4 is 23.3 Å². The fourth-order valence-electron chi connectivity index (χ4n) is 1.72. The highest BCUT2D eigenvalue weighted by Gasteiger charge is 2.22. The van der Waals surface area contributed by atoms with Crippen molar-refractivity contribution in [3.8, 4) is 5.75 Å². The zero-order valence-corrected chi connectivity index (χ0v) is 11.1. The maximum absolute atomic E-state index is 11.5. The van der Waals surface area contributed by atoms with E-state index in [1.165, 1.54) is 0 Å². The number of amides is 1. The topological polar surface area (TPSA) is 179 Å². The Morgan fingerprint density at radius 1 is 1.18 bits per heavy atom. The zero-order chi connectivity index (χ0) is 17.0. The molecule has 0 heterocycles. The lowest BCUT2D eigenvalue weighted by atomic mass is 10.0. The van der Waals surface area contributed by atoms with Gasteiger partial charge in [0.05, 0.1) is 27.6 Å². The summed E-state index contributed by atoms with van der Waals surface area (Å²) in [5.74, 6) is -3.76. The average molecular weight is 311 g/mol. The average Bonchev–Trinajstić information content (AvgIpc) is 2.38. The molecule has 11 heteroatoms. The first kappa shape index (κ1) is 16.8. The van der Waals surface area contributed by atoms with Crippen molar-refractivity contribution in [1.29, 1.82) is 0 Å². The van der Waals surface area contributed by atoms with Gasteiger partial charge in [0.1, 0.15) is 0 Å². The molecule has 0 saturated heterocycles. The van der Waals surface area contributed by atoms with Gasteiger partial charge in [-0.2, -0.15) is 0 Å². The monoisotopic (exact) mass is 311 g/mol. The van der Waals surface area contributed by atoms with Crippen LogP contribution in [0.1, 0.15) is 12.5 Å². The van der Waals surface area contributed by atoms with Crippen LogP contribution in [0.2, 0.25) is 0 Å². The van der Waals surface area contributed by atoms with E-state index >= 15 is 0 Å². The number of benzene rings is 1. The first-order chi connectivity index (χ1) is 10.1. The molecular formula is C11H9N3O8-2. The normalized spacial score (nSPS) is 11.5. The zero-order valence-electron chi connectivity index (χ0n) is 11.1. The number of hydrogen-bond donors (Lipinski definition) is 1. The number of hydrogen-bond acceptors (Lipinski definition) is 8. The van der Waals surface area contributed by atoms with Crippen LogP contribution in [-0.2, 0) is 16.0 Å². The second-order valence-corrected chi connectivity index (χ2v) is 4.25. The number of carboxylic acids is 1. The minimum absolute atomic E-state index is 0.166. The van der Waals surface area contributed by atoms with Gasteiger partial charge in [-0.25, -0.2) is 0 Å². The second-order valence-electron chi connectivity index (χ2n) is 4.25. The summed E-state index contributed by atoms with van der Waals surface area (Å²) in [5.41, 5.74) is -2.27. The molecule has 0 saturated carbocycles. The number of nitrogens with zero attached hydrogens (tertiary/aromatic N) is 2. The van der Waals surface area contributed by atoms with E-state index in [0.717, 1.165) is 19.1 Å². The van der Waals surface area contributed by atoms with E-state index in [-0.39, 0.29) is 5.56 Å². The van der Waals surface area contributed by atoms with Crippen molar-refractivity contribution in [3.05, 3.63) is 37.9 Å². The number of nitro groups is 2. The molecule has 0 aromatic heterocycles. The lowest BCUT2D eigenvalue weighted by molar-refractivity contribution is -0.416. The highest BCUT2D eigenvalue weighted by molar-refractivity contribution is 5.81. The smallest absolute Gasteiger partial charge is 0.268 e. The van der Waals surface area contributed by atoms with Gasteiger partial charge < -0.3 is 20.3 Å². The molecule has 11 nitrogen and oxygen atoms in total. The Morgan fingerprint density at radius 3 is 1.95 bits per heavy atom. The van der Waals surface area contributed by atoms with Gasteiger partial charge in [-0.05, 0) is 12.0 Å². The van der Waals surface area contributed by atoms with Gasteiger partial charge in [-0.1, -0.05) is 0 Å². The number of nitrogens with one attached hydrogen (secondary N) is 1. The molecule has 1 amide bonds. The molecule has 1 atom stereocenters. The highest BCUT2D eigenvalue weighted by Crippen LogP contribution is 2.34. The van der Waals surface area contributed by atoms with Crippen molar-refractivity contribution in [2.75, 3.05) is 0 Å². The van der Waals surface area contributed by atoms with Crippen LogP contribution in [0.15, 0.2) is 12.1 Å². The summed E-state index contributed by atoms with van der Waals surface area (Å²) >= 11 is 0. The van der Waals surface area contributed by atoms with Crippen molar-refractivity contribution in [2.24, 2.45) is 0 Å². The summed E-state index contributed by atoms with van der Waals surface area (Å²) in [5, 5.41) is 45.9. The van der Waals surface area contributed by atoms with Gasteiger partial charge in [0.2, 0.25) is 5.91 Å². The lowest BCUT2D eigenvalue weighted by Gasteiger charge is -2.19. The molecular weight excluding hydrogens is 302 g/mol. The molecule has 0 unspecified atom stereocenters. The van der Waals surface area contributed by atoms with Gasteiger partial charge >= 0.3 is 0 Å². The fourth-order valence-corrected chi connectivity index (χ4v) is 1.72. The minimum atomic E-state index is -1.67. The van der Waals surface area contributed by atoms with Crippen LogP contribution in [0.25, 0.3) is 0 Å². The number of nitro benzene ring substituents is 2. The molecule has 0 spiro atoms. The van der Waals surface area contributed by atoms with Gasteiger partial charge in [0.25, 0.3) is 11.4 Å². The molecule has 0 aliphatic carbocycles. The Kier molecular flexibility index (Phi) is 4.95. The Hall–Kier alpha value is -3.24. The predicted molar refractivity (Wildman–Crippen MR) is 65.5 cm³/mol. The quantitative estimate of drug-likeness (QED) is 0.480. The van der Waals surface area contributed by atoms with Gasteiger partial charge in [0.15, 0.2) is 0 Å². The van der Waals surface area contributed by atoms with Crippen LogP contribution < -0.4 is 15.5 Å². The molecule has 0 fully saturated rings. The molecule has 118 valence electrons. The molecule has 22 heavy (non-hydrogen) atoms. The third kappa shape index (κ3) is 3.88. The van der Waals surface area contributed by atoms with E-state index in [1.807, 2.05) is 5.32 Å². The van der Waals surface area contributed by atoms with Crippen molar-refractivity contribution < 1.29 is 29.6 Å². The number of carbonyl (C=O) groups is 2. The second kappa shape index (κ2) is 6.47. The van der Waals surface area contributed by atoms with E-state index in [4.69, 9.17) is 0 Å². The van der Waals surface area contributed by atoms with Crippen molar-refractivity contribution in [1.82, 2.24) is 5.32 Å². The first-order valence-corrected chi connectivity index (χ1v) is 5.74. The molecule has 1 rings (SSSR count). The third-order valence-electron chi connectivity index (χ3n) is 2.60. The molecule has 0 aliphatic heterocycles. The van der Waals surface area contributed by atoms with Crippen molar-refractivity contribution in [3.63, 3.8) is 0 Å². The Balaban J connectivity index is 3.29. The van der Waals surface area contributed by atoms with E-state index in [9.17, 15) is 40.0 Å². The van der Waals surface area contributed by atoms with Crippen LogP contribution in [-0.4, -0.2) is 27.8 Å². The van der Waals surface area contributed by atoms with Crippen molar-refractivity contribution in [2.45, 2.75) is 19.4 Å². The lowest BCUT2D eigenvalue weighted by Crippen LogP contribution is -2.48. The van der Waals surface area contributed by atoms with Crippen LogP contribution in [0.5, 0.6) is 5.75 Å². The van der Waals surface area contributed by atoms with Gasteiger partial charge in [-0.3, -0.25) is 25.0 Å². The predicted octanol–water partition coefficient (Wildman–Crippen LogP) is -1.63. The Bertz CT molecular complexity index is 622. The Morgan fingerprint density at radius 2 is 1.64 bits per heavy atom. The molecule has 0 radical (unpaired) electrons. The number of carbonyl (C=O) groups excluding carboxylic acids is 2. The van der Waals surface area contributed by atoms with E-state index in [1.54, 1.807) is 0 Å². The maximum Gasteiger partial charge on any atom is 0.268 e. The van der Waals surface area contributed by atoms with E-state index in [2.05, 4.69) is 0 Å². The van der Waals surface area contributed by atoms with Gasteiger partial charge in [0, 0.05) is 19.1 Å². The summed E-state index contributed by atoms with van der Waals surface area (Å²) in [7, 11) is 0. The molecule has 1 aromatic rings. The number of carboxylic acid groups (broad SMARTS) is 1. The summed E-state index contributed by atoms with van der Waals surface area (Å²) in [6.07, 6.45) is -0.510. The number of aliphatic carboxylic acids is 1. The van der Waals surface area contributed by atoms with Crippen LogP contribution in [0.4, 0.5) is 11.4 Å². The molecule has 0 aliphatic rings. The van der Waals surface area contributed by atoms with Crippen LogP contribution in [0, 0.1) is 20.2 Å². The highest BCUT2D eigenvalue weighted by atomic mass is 16.6. The first-order valence-electron chi connectivity index (χ1n) is 5.74. The SMILES string of the molecule is CC(=O)N[C@@H](Cc1cc([N+](=O)[O-])c([O-])c([N+](=O)[O-])c1)C(=O)[O-]. The number of rotatable bonds is 6. The molecule has 1 aromatic carbocycles. The maximum atomic E-state index is 11.5. The standard InChI is InChI=1S/C11H11N3O8/c1-5(15)12-7(11(17)18)2-6-3-8(13(19)20)10(16)9(4-6)14(21)22/h3-4,7,16H,2H2,1H3,(H,12,15)(H,17,18)/p-2/t7-/m0/s1. The third-order valence-corrected chi connectivity index (χ3v) is 2.60. The van der Waals surface area contributed by atoms with E-state index < -0.39 is 51.3 Å². The summed E-state index contributed by atoms with van der Waals surface area (Å²) < 4.78 is 0.